The lowest BCUT2D eigenvalue weighted by Crippen LogP contribution is -2.11. The highest BCUT2D eigenvalue weighted by Gasteiger charge is 2.08. The molecule has 0 aliphatic carbocycles. The van der Waals surface area contributed by atoms with Gasteiger partial charge in [0.25, 0.3) is 0 Å². The van der Waals surface area contributed by atoms with Gasteiger partial charge in [-0.25, -0.2) is 4.98 Å². The number of nitrogens with two attached hydrogens (primary N) is 1. The minimum Gasteiger partial charge on any atom is -0.384 e. The molecule has 0 unspecified atom stereocenters. The molecule has 2 rings (SSSR count). The van der Waals surface area contributed by atoms with Crippen molar-refractivity contribution < 1.29 is 0 Å². The Labute approximate surface area is 105 Å². The summed E-state index contributed by atoms with van der Waals surface area (Å²) in [6.45, 7) is 6.40. The fraction of sp³-hybridized carbons (Fsp3) is 0.214. The van der Waals surface area contributed by atoms with Gasteiger partial charge in [-0.3, -0.25) is 0 Å². The zero-order chi connectivity index (χ0) is 12.6. The lowest BCUT2D eigenvalue weighted by Gasteiger charge is -2.14. The summed E-state index contributed by atoms with van der Waals surface area (Å²) in [7, 11) is 3.65. The van der Waals surface area contributed by atoms with E-state index in [1.165, 1.54) is 22.3 Å². The van der Waals surface area contributed by atoms with E-state index in [0.717, 1.165) is 10.8 Å². The predicted molar refractivity (Wildman–Crippen MR) is 73.7 cm³/mol. The van der Waals surface area contributed by atoms with Crippen molar-refractivity contribution >= 4 is 21.2 Å². The van der Waals surface area contributed by atoms with Crippen LogP contribution in [0.3, 0.4) is 0 Å². The van der Waals surface area contributed by atoms with E-state index in [0.29, 0.717) is 5.82 Å². The molecule has 0 spiro atoms. The van der Waals surface area contributed by atoms with Crippen LogP contribution in [0.4, 0.5) is 5.82 Å². The Morgan fingerprint density at radius 3 is 2.35 bits per heavy atom. The highest BCUT2D eigenvalue weighted by atomic mass is 28.1. The summed E-state index contributed by atoms with van der Waals surface area (Å²) in [6, 6.07) is 5.98. The molecule has 0 saturated carbocycles. The second-order valence-corrected chi connectivity index (χ2v) is 4.86. The molecule has 1 heterocycles. The summed E-state index contributed by atoms with van der Waals surface area (Å²) < 4.78 is 0. The van der Waals surface area contributed by atoms with Crippen molar-refractivity contribution in [3.05, 3.63) is 41.1 Å². The van der Waals surface area contributed by atoms with E-state index in [2.05, 4.69) is 42.1 Å². The Bertz CT molecular complexity index is 559. The first-order chi connectivity index (χ1) is 8.00. The topological polar surface area (TPSA) is 38.9 Å². The van der Waals surface area contributed by atoms with Crippen LogP contribution < -0.4 is 10.9 Å². The fourth-order valence-corrected chi connectivity index (χ4v) is 2.24. The first kappa shape index (κ1) is 11.9. The summed E-state index contributed by atoms with van der Waals surface area (Å²) >= 11 is 0. The Hall–Kier alpha value is -1.61. The molecular weight excluding hydrogens is 224 g/mol. The number of pyridine rings is 1. The van der Waals surface area contributed by atoms with Gasteiger partial charge in [0.2, 0.25) is 0 Å². The summed E-state index contributed by atoms with van der Waals surface area (Å²) in [5.41, 5.74) is 11.8. The van der Waals surface area contributed by atoms with Crippen molar-refractivity contribution in [3.63, 3.8) is 0 Å². The molecule has 3 radical (unpaired) electrons. The molecule has 0 bridgehead atoms. The molecule has 0 fully saturated rings. The number of benzene rings is 1. The molecule has 1 aromatic carbocycles. The molecular formula is C14H15N2Si. The Kier molecular flexibility index (Phi) is 3.02. The maximum atomic E-state index is 5.61. The third-order valence-electron chi connectivity index (χ3n) is 3.32. The standard InChI is InChI=1S/C14H15N2Si/c1-8-9(2)12(6-13(17)10(8)3)11-4-5-14(15)16-7-11/h4-7H,1-3H3,(H2,15,16). The molecule has 2 aromatic rings. The first-order valence-corrected chi connectivity index (χ1v) is 6.05. The van der Waals surface area contributed by atoms with Crippen LogP contribution >= 0.6 is 0 Å². The number of nitrogens with zero attached hydrogens (tertiary/aromatic N) is 1. The zero-order valence-electron chi connectivity index (χ0n) is 10.3. The number of rotatable bonds is 1. The van der Waals surface area contributed by atoms with Crippen LogP contribution in [0.1, 0.15) is 16.7 Å². The van der Waals surface area contributed by atoms with Crippen LogP contribution in [-0.2, 0) is 0 Å². The average Bonchev–Trinajstić information content (AvgIpc) is 2.32. The van der Waals surface area contributed by atoms with Gasteiger partial charge in [0.05, 0.1) is 10.2 Å². The Morgan fingerprint density at radius 2 is 1.76 bits per heavy atom. The van der Waals surface area contributed by atoms with Gasteiger partial charge >= 0.3 is 0 Å². The summed E-state index contributed by atoms with van der Waals surface area (Å²) in [6.07, 6.45) is 1.82. The lowest BCUT2D eigenvalue weighted by atomic mass is 9.95. The van der Waals surface area contributed by atoms with Gasteiger partial charge in [-0.2, -0.15) is 0 Å². The Morgan fingerprint density at radius 1 is 1.06 bits per heavy atom. The smallest absolute Gasteiger partial charge is 0.123 e. The number of nitrogen functional groups attached to an aromatic ring is 1. The molecule has 0 saturated heterocycles. The van der Waals surface area contributed by atoms with Crippen LogP contribution in [0.5, 0.6) is 0 Å². The van der Waals surface area contributed by atoms with E-state index >= 15 is 0 Å². The normalized spacial score (nSPS) is 10.6. The maximum absolute atomic E-state index is 5.61. The number of hydrogen-bond donors (Lipinski definition) is 1. The minimum atomic E-state index is 0.550. The fourth-order valence-electron chi connectivity index (χ4n) is 1.91. The third kappa shape index (κ3) is 2.10. The van der Waals surface area contributed by atoms with Crippen molar-refractivity contribution in [2.45, 2.75) is 20.8 Å². The molecule has 1 aromatic heterocycles. The Balaban J connectivity index is 2.64. The van der Waals surface area contributed by atoms with Gasteiger partial charge in [-0.1, -0.05) is 11.3 Å². The lowest BCUT2D eigenvalue weighted by molar-refractivity contribution is 1.27. The maximum Gasteiger partial charge on any atom is 0.123 e. The van der Waals surface area contributed by atoms with Crippen molar-refractivity contribution in [1.82, 2.24) is 4.98 Å². The summed E-state index contributed by atoms with van der Waals surface area (Å²) in [5.74, 6) is 0.550. The monoisotopic (exact) mass is 239 g/mol. The van der Waals surface area contributed by atoms with Crippen LogP contribution in [0, 0.1) is 20.8 Å². The largest absolute Gasteiger partial charge is 0.384 e. The first-order valence-electron chi connectivity index (χ1n) is 5.55. The number of anilines is 1. The van der Waals surface area contributed by atoms with Crippen molar-refractivity contribution in [2.75, 3.05) is 5.73 Å². The van der Waals surface area contributed by atoms with Crippen LogP contribution in [0.2, 0.25) is 0 Å². The van der Waals surface area contributed by atoms with E-state index in [1.54, 1.807) is 0 Å². The molecule has 0 amide bonds. The molecule has 3 heteroatoms. The van der Waals surface area contributed by atoms with E-state index in [9.17, 15) is 0 Å². The van der Waals surface area contributed by atoms with Gasteiger partial charge in [0.1, 0.15) is 5.82 Å². The molecule has 2 N–H and O–H groups in total. The highest BCUT2D eigenvalue weighted by molar-refractivity contribution is 6.33. The van der Waals surface area contributed by atoms with Crippen molar-refractivity contribution in [3.8, 4) is 11.1 Å². The van der Waals surface area contributed by atoms with Gasteiger partial charge < -0.3 is 5.73 Å². The molecule has 2 nitrogen and oxygen atoms in total. The number of hydrogen-bond acceptors (Lipinski definition) is 2. The zero-order valence-corrected chi connectivity index (χ0v) is 11.3. The van der Waals surface area contributed by atoms with Gasteiger partial charge in [0.15, 0.2) is 0 Å². The van der Waals surface area contributed by atoms with E-state index in [1.807, 2.05) is 18.3 Å². The second kappa shape index (κ2) is 4.34. The van der Waals surface area contributed by atoms with Crippen molar-refractivity contribution in [1.29, 1.82) is 0 Å². The minimum absolute atomic E-state index is 0.550. The molecule has 0 aliphatic heterocycles. The van der Waals surface area contributed by atoms with Crippen LogP contribution in [-0.4, -0.2) is 15.2 Å². The summed E-state index contributed by atoms with van der Waals surface area (Å²) in [4.78, 5) is 4.14. The van der Waals surface area contributed by atoms with Crippen LogP contribution in [0.25, 0.3) is 11.1 Å². The second-order valence-electron chi connectivity index (χ2n) is 4.32. The average molecular weight is 239 g/mol. The summed E-state index contributed by atoms with van der Waals surface area (Å²) in [5, 5.41) is 1.12. The molecule has 85 valence electrons. The number of aromatic nitrogens is 1. The van der Waals surface area contributed by atoms with Gasteiger partial charge in [-0.05, 0) is 55.2 Å². The molecule has 0 aliphatic rings. The van der Waals surface area contributed by atoms with E-state index < -0.39 is 0 Å². The molecule has 17 heavy (non-hydrogen) atoms. The quantitative estimate of drug-likeness (QED) is 0.774. The highest BCUT2D eigenvalue weighted by Crippen LogP contribution is 2.25. The molecule has 0 atom stereocenters. The van der Waals surface area contributed by atoms with Crippen molar-refractivity contribution in [2.24, 2.45) is 0 Å². The predicted octanol–water partition coefficient (Wildman–Crippen LogP) is 2.05. The van der Waals surface area contributed by atoms with E-state index in [4.69, 9.17) is 5.73 Å². The van der Waals surface area contributed by atoms with Crippen LogP contribution in [0.15, 0.2) is 24.4 Å². The third-order valence-corrected chi connectivity index (χ3v) is 3.84. The van der Waals surface area contributed by atoms with E-state index in [-0.39, 0.29) is 0 Å². The van der Waals surface area contributed by atoms with Gasteiger partial charge in [0, 0.05) is 11.8 Å². The van der Waals surface area contributed by atoms with Gasteiger partial charge in [-0.15, -0.1) is 0 Å². The SMILES string of the molecule is Cc1c([Si])cc(-c2ccc(N)nc2)c(C)c1C.